The van der Waals surface area contributed by atoms with Crippen LogP contribution in [-0.2, 0) is 47.0 Å². The third kappa shape index (κ3) is 21.3. The van der Waals surface area contributed by atoms with E-state index in [0.717, 1.165) is 0 Å². The van der Waals surface area contributed by atoms with Crippen LogP contribution >= 0.6 is 0 Å². The Morgan fingerprint density at radius 3 is 2.06 bits per heavy atom. The number of carboxylic acids is 1. The van der Waals surface area contributed by atoms with Gasteiger partial charge in [0.25, 0.3) is 0 Å². The summed E-state index contributed by atoms with van der Waals surface area (Å²) in [5, 5.41) is 8.24. The Bertz CT molecular complexity index is 263. The molecule has 0 aliphatic carbocycles. The predicted molar refractivity (Wildman–Crippen MR) is 61.9 cm³/mol. The molecule has 0 bridgehead atoms. The van der Waals surface area contributed by atoms with Crippen molar-refractivity contribution in [3.05, 3.63) is 0 Å². The zero-order valence-corrected chi connectivity index (χ0v) is 11.3. The van der Waals surface area contributed by atoms with Crippen molar-refractivity contribution in [2.75, 3.05) is 20.2 Å². The third-order valence-electron chi connectivity index (χ3n) is 1.23. The molecular weight excluding hydrogens is 301 g/mol. The second kappa shape index (κ2) is 17.8. The van der Waals surface area contributed by atoms with Crippen molar-refractivity contribution in [3.63, 3.8) is 0 Å². The summed E-state index contributed by atoms with van der Waals surface area (Å²) in [6.45, 7) is 0.403. The first-order valence-electron chi connectivity index (χ1n) is 4.03. The van der Waals surface area contributed by atoms with Crippen LogP contribution < -0.4 is 0 Å². The van der Waals surface area contributed by atoms with Crippen LogP contribution in [-0.4, -0.2) is 43.3 Å². The van der Waals surface area contributed by atoms with E-state index < -0.39 is 5.97 Å². The Kier molecular flexibility index (Phi) is 26.5. The Labute approximate surface area is 127 Å². The van der Waals surface area contributed by atoms with E-state index in [4.69, 9.17) is 5.11 Å². The van der Waals surface area contributed by atoms with Crippen molar-refractivity contribution in [3.8, 4) is 0 Å². The SMILES string of the molecule is C.C.COC(=O)CCN=C=NCCC(=O)O.[Y]. The van der Waals surface area contributed by atoms with Gasteiger partial charge in [-0.15, -0.1) is 0 Å². The minimum Gasteiger partial charge on any atom is -0.481 e. The van der Waals surface area contributed by atoms with Crippen molar-refractivity contribution in [1.29, 1.82) is 0 Å². The van der Waals surface area contributed by atoms with Crippen molar-refractivity contribution in [2.45, 2.75) is 27.7 Å². The molecule has 0 aromatic heterocycles. The summed E-state index contributed by atoms with van der Waals surface area (Å²) in [6.07, 6.45) is 0.136. The van der Waals surface area contributed by atoms with Crippen LogP contribution in [0.4, 0.5) is 0 Å². The molecule has 0 saturated heterocycles. The van der Waals surface area contributed by atoms with Gasteiger partial charge >= 0.3 is 11.9 Å². The van der Waals surface area contributed by atoms with E-state index in [1.165, 1.54) is 7.11 Å². The normalized spacial score (nSPS) is 7.12. The van der Waals surface area contributed by atoms with Crippen LogP contribution in [0.25, 0.3) is 0 Å². The fourth-order valence-electron chi connectivity index (χ4n) is 0.551. The number of carbonyl (C=O) groups is 2. The van der Waals surface area contributed by atoms with E-state index in [9.17, 15) is 9.59 Å². The molecule has 1 radical (unpaired) electrons. The number of carboxylic acid groups (broad SMARTS) is 1. The molecule has 0 amide bonds. The zero-order valence-electron chi connectivity index (χ0n) is 8.47. The van der Waals surface area contributed by atoms with Crippen LogP contribution in [0.3, 0.4) is 0 Å². The summed E-state index contributed by atoms with van der Waals surface area (Å²) in [5.41, 5.74) is 0. The predicted octanol–water partition coefficient (Wildman–Crippen LogP) is 1.47. The molecule has 1 N–H and O–H groups in total. The first kappa shape index (κ1) is 25.3. The van der Waals surface area contributed by atoms with Gasteiger partial charge in [-0.3, -0.25) is 9.59 Å². The molecule has 0 aliphatic rings. The number of aliphatic carboxylic acids is 1. The molecule has 0 aromatic rings. The Hall–Kier alpha value is -0.576. The molecule has 0 saturated carbocycles. The van der Waals surface area contributed by atoms with Gasteiger partial charge in [0, 0.05) is 32.7 Å². The van der Waals surface area contributed by atoms with Gasteiger partial charge < -0.3 is 9.84 Å². The zero-order chi connectivity index (χ0) is 10.8. The molecule has 6 nitrogen and oxygen atoms in total. The number of aliphatic imine (C=N–C) groups is 2. The smallest absolute Gasteiger partial charge is 0.307 e. The topological polar surface area (TPSA) is 88.3 Å². The van der Waals surface area contributed by atoms with Gasteiger partial charge in [0.1, 0.15) is 0 Å². The maximum Gasteiger partial charge on any atom is 0.307 e. The number of carbonyl (C=O) groups excluding carboxylic acids is 1. The molecule has 0 heterocycles. The average Bonchev–Trinajstić information content (AvgIpc) is 2.15. The fraction of sp³-hybridized carbons (Fsp3) is 0.700. The summed E-state index contributed by atoms with van der Waals surface area (Å²) < 4.78 is 4.37. The molecule has 0 spiro atoms. The number of ether oxygens (including phenoxy) is 1. The minimum absolute atomic E-state index is 0. The second-order valence-electron chi connectivity index (χ2n) is 2.33. The van der Waals surface area contributed by atoms with Gasteiger partial charge in [-0.2, -0.15) is 0 Å². The average molecular weight is 321 g/mol. The second-order valence-corrected chi connectivity index (χ2v) is 2.33. The van der Waals surface area contributed by atoms with E-state index in [0.29, 0.717) is 0 Å². The molecule has 0 rings (SSSR count). The van der Waals surface area contributed by atoms with Crippen molar-refractivity contribution in [2.24, 2.45) is 9.98 Å². The minimum atomic E-state index is -0.912. The van der Waals surface area contributed by atoms with E-state index in [1.807, 2.05) is 0 Å². The van der Waals surface area contributed by atoms with Crippen molar-refractivity contribution >= 4 is 17.9 Å². The first-order chi connectivity index (χ1) is 6.66. The van der Waals surface area contributed by atoms with Crippen LogP contribution in [0.1, 0.15) is 27.7 Å². The Morgan fingerprint density at radius 1 is 1.18 bits per heavy atom. The fourth-order valence-corrected chi connectivity index (χ4v) is 0.551. The van der Waals surface area contributed by atoms with E-state index in [1.54, 1.807) is 0 Å². The molecule has 0 fully saturated rings. The molecule has 17 heavy (non-hydrogen) atoms. The number of methoxy groups -OCH3 is 1. The molecule has 0 aliphatic heterocycles. The van der Waals surface area contributed by atoms with Gasteiger partial charge in [-0.25, -0.2) is 9.98 Å². The number of hydrogen-bond acceptors (Lipinski definition) is 5. The summed E-state index contributed by atoms with van der Waals surface area (Å²) in [5.74, 6) is -1.26. The van der Waals surface area contributed by atoms with E-state index >= 15 is 0 Å². The number of esters is 1. The summed E-state index contributed by atoms with van der Waals surface area (Å²) in [7, 11) is 1.30. The van der Waals surface area contributed by atoms with Crippen LogP contribution in [0.2, 0.25) is 0 Å². The van der Waals surface area contributed by atoms with Crippen molar-refractivity contribution in [1.82, 2.24) is 0 Å². The summed E-state index contributed by atoms with van der Waals surface area (Å²) in [6, 6.07) is 2.30. The van der Waals surface area contributed by atoms with E-state index in [2.05, 4.69) is 20.7 Å². The van der Waals surface area contributed by atoms with Gasteiger partial charge in [0.05, 0.1) is 39.0 Å². The van der Waals surface area contributed by atoms with Crippen LogP contribution in [0.5, 0.6) is 0 Å². The number of rotatable bonds is 6. The maximum absolute atomic E-state index is 10.6. The van der Waals surface area contributed by atoms with Gasteiger partial charge in [-0.1, -0.05) is 14.9 Å². The largest absolute Gasteiger partial charge is 0.481 e. The third-order valence-corrected chi connectivity index (χ3v) is 1.23. The maximum atomic E-state index is 10.6. The molecule has 97 valence electrons. The van der Waals surface area contributed by atoms with Gasteiger partial charge in [-0.05, 0) is 0 Å². The quantitative estimate of drug-likeness (QED) is 0.593. The summed E-state index contributed by atoms with van der Waals surface area (Å²) in [4.78, 5) is 27.8. The van der Waals surface area contributed by atoms with Crippen LogP contribution in [0, 0.1) is 0 Å². The summed E-state index contributed by atoms with van der Waals surface area (Å²) >= 11 is 0. The molecule has 0 unspecified atom stereocenters. The molecular formula is C10H20N2O4Y. The first-order valence-corrected chi connectivity index (χ1v) is 4.03. The molecule has 0 atom stereocenters. The number of nitrogens with zero attached hydrogens (tertiary/aromatic N) is 2. The Balaban J connectivity index is -0.000000282. The molecule has 0 aromatic carbocycles. The molecule has 7 heteroatoms. The van der Waals surface area contributed by atoms with Crippen LogP contribution in [0.15, 0.2) is 9.98 Å². The van der Waals surface area contributed by atoms with Gasteiger partial charge in [0.15, 0.2) is 0 Å². The van der Waals surface area contributed by atoms with E-state index in [-0.39, 0.29) is 79.5 Å². The number of hydrogen-bond donors (Lipinski definition) is 1. The monoisotopic (exact) mass is 321 g/mol. The Morgan fingerprint density at radius 2 is 1.65 bits per heavy atom. The van der Waals surface area contributed by atoms with Crippen molar-refractivity contribution < 1.29 is 52.1 Å². The van der Waals surface area contributed by atoms with Gasteiger partial charge in [0.2, 0.25) is 0 Å². The standard InChI is InChI=1S/C8H12N2O4.2CH4.Y/c1-14-8(13)3-5-10-6-9-4-2-7(11)12;;;/h2-5H2,1H3,(H,11,12);2*1H4;.